The highest BCUT2D eigenvalue weighted by atomic mass is 19.1. The first-order chi connectivity index (χ1) is 14.4. The average molecular weight is 409 g/mol. The molecule has 1 atom stereocenters. The third-order valence-electron chi connectivity index (χ3n) is 4.59. The fourth-order valence-electron chi connectivity index (χ4n) is 3.17. The van der Waals surface area contributed by atoms with Crippen LogP contribution < -0.4 is 10.9 Å². The number of hydrogen-bond acceptors (Lipinski definition) is 5. The number of fused-ring (bicyclic) bond motifs is 2. The molecular weight excluding hydrogens is 393 g/mol. The van der Waals surface area contributed by atoms with E-state index in [1.165, 1.54) is 18.2 Å². The molecule has 8 nitrogen and oxygen atoms in total. The molecule has 2 aromatic carbocycles. The van der Waals surface area contributed by atoms with Crippen molar-refractivity contribution in [3.8, 4) is 0 Å². The van der Waals surface area contributed by atoms with Crippen LogP contribution in [-0.2, 0) is 22.4 Å². The first-order valence-electron chi connectivity index (χ1n) is 9.07. The van der Waals surface area contributed by atoms with Crippen molar-refractivity contribution in [1.82, 2.24) is 15.3 Å². The van der Waals surface area contributed by atoms with Gasteiger partial charge in [-0.25, -0.2) is 19.0 Å². The number of rotatable bonds is 6. The van der Waals surface area contributed by atoms with Crippen molar-refractivity contribution < 1.29 is 23.5 Å². The van der Waals surface area contributed by atoms with Crippen molar-refractivity contribution in [2.75, 3.05) is 0 Å². The Morgan fingerprint density at radius 1 is 1.20 bits per heavy atom. The Bertz CT molecular complexity index is 1330. The number of aromatic amines is 1. The lowest BCUT2D eigenvalue weighted by atomic mass is 10.1. The van der Waals surface area contributed by atoms with Crippen LogP contribution in [0.15, 0.2) is 57.7 Å². The molecule has 152 valence electrons. The summed E-state index contributed by atoms with van der Waals surface area (Å²) in [5.74, 6) is -2.07. The summed E-state index contributed by atoms with van der Waals surface area (Å²) in [6.07, 6.45) is -0.466. The number of para-hydroxylation sites is 1. The number of aliphatic carboxylic acids is 1. The van der Waals surface area contributed by atoms with Gasteiger partial charge >= 0.3 is 11.6 Å². The molecule has 0 fully saturated rings. The molecule has 0 spiro atoms. The highest BCUT2D eigenvalue weighted by Gasteiger charge is 2.23. The van der Waals surface area contributed by atoms with Crippen molar-refractivity contribution in [1.29, 1.82) is 0 Å². The smallest absolute Gasteiger partial charge is 0.339 e. The van der Waals surface area contributed by atoms with Gasteiger partial charge in [-0.05, 0) is 30.3 Å². The van der Waals surface area contributed by atoms with Crippen LogP contribution >= 0.6 is 0 Å². The number of nitrogens with zero attached hydrogens (tertiary/aromatic N) is 1. The summed E-state index contributed by atoms with van der Waals surface area (Å²) in [7, 11) is 0. The minimum Gasteiger partial charge on any atom is -0.480 e. The number of imidazole rings is 1. The summed E-state index contributed by atoms with van der Waals surface area (Å²) in [5, 5.41) is 12.5. The summed E-state index contributed by atoms with van der Waals surface area (Å²) < 4.78 is 18.5. The van der Waals surface area contributed by atoms with E-state index >= 15 is 0 Å². The number of carbonyl (C=O) groups excluding carboxylic acids is 1. The predicted octanol–water partition coefficient (Wildman–Crippen LogP) is 2.16. The second-order valence-electron chi connectivity index (χ2n) is 6.78. The topological polar surface area (TPSA) is 125 Å². The van der Waals surface area contributed by atoms with E-state index in [4.69, 9.17) is 4.42 Å². The van der Waals surface area contributed by atoms with Gasteiger partial charge in [-0.2, -0.15) is 0 Å². The summed E-state index contributed by atoms with van der Waals surface area (Å²) in [6, 6.07) is 11.1. The molecule has 0 saturated heterocycles. The molecule has 0 aliphatic carbocycles. The van der Waals surface area contributed by atoms with Crippen molar-refractivity contribution in [2.45, 2.75) is 18.9 Å². The van der Waals surface area contributed by atoms with E-state index < -0.39 is 29.4 Å². The van der Waals surface area contributed by atoms with E-state index in [-0.39, 0.29) is 24.2 Å². The molecule has 3 N–H and O–H groups in total. The Morgan fingerprint density at radius 3 is 2.80 bits per heavy atom. The molecule has 0 aliphatic rings. The maximum absolute atomic E-state index is 13.3. The number of carboxylic acids is 1. The Kier molecular flexibility index (Phi) is 5.01. The lowest BCUT2D eigenvalue weighted by Gasteiger charge is -2.13. The fourth-order valence-corrected chi connectivity index (χ4v) is 3.17. The van der Waals surface area contributed by atoms with Gasteiger partial charge in [-0.1, -0.05) is 18.2 Å². The van der Waals surface area contributed by atoms with Crippen LogP contribution in [0.1, 0.15) is 11.4 Å². The molecule has 9 heteroatoms. The molecule has 0 radical (unpaired) electrons. The molecule has 2 heterocycles. The highest BCUT2D eigenvalue weighted by Crippen LogP contribution is 2.15. The number of halogens is 1. The monoisotopic (exact) mass is 409 g/mol. The van der Waals surface area contributed by atoms with Gasteiger partial charge in [0.1, 0.15) is 23.3 Å². The van der Waals surface area contributed by atoms with Crippen LogP contribution in [0.5, 0.6) is 0 Å². The zero-order valence-corrected chi connectivity index (χ0v) is 15.5. The molecule has 4 aromatic rings. The molecule has 0 unspecified atom stereocenters. The molecule has 30 heavy (non-hydrogen) atoms. The van der Waals surface area contributed by atoms with Crippen molar-refractivity contribution >= 4 is 33.9 Å². The second-order valence-corrected chi connectivity index (χ2v) is 6.78. The van der Waals surface area contributed by atoms with Crippen LogP contribution in [0, 0.1) is 5.82 Å². The Hall–Kier alpha value is -4.01. The van der Waals surface area contributed by atoms with Gasteiger partial charge in [0.05, 0.1) is 17.5 Å². The number of benzene rings is 2. The minimum atomic E-state index is -1.28. The molecule has 1 amide bonds. The van der Waals surface area contributed by atoms with Gasteiger partial charge in [-0.15, -0.1) is 0 Å². The first kappa shape index (κ1) is 19.3. The number of hydrogen-bond donors (Lipinski definition) is 3. The zero-order chi connectivity index (χ0) is 21.3. The van der Waals surface area contributed by atoms with Gasteiger partial charge in [0, 0.05) is 17.4 Å². The van der Waals surface area contributed by atoms with E-state index in [0.717, 1.165) is 0 Å². The maximum Gasteiger partial charge on any atom is 0.339 e. The van der Waals surface area contributed by atoms with Crippen molar-refractivity contribution in [3.63, 3.8) is 0 Å². The van der Waals surface area contributed by atoms with Crippen molar-refractivity contribution in [3.05, 3.63) is 76.2 Å². The normalized spacial score (nSPS) is 12.2. The van der Waals surface area contributed by atoms with E-state index in [2.05, 4.69) is 15.3 Å². The molecule has 0 bridgehead atoms. The van der Waals surface area contributed by atoms with Gasteiger partial charge in [-0.3, -0.25) is 4.79 Å². The molecule has 4 rings (SSSR count). The quantitative estimate of drug-likeness (QED) is 0.419. The number of nitrogens with one attached hydrogen (secondary N) is 2. The van der Waals surface area contributed by atoms with Gasteiger partial charge in [0.15, 0.2) is 0 Å². The summed E-state index contributed by atoms with van der Waals surface area (Å²) in [5.41, 5.74) is 0.769. The summed E-state index contributed by atoms with van der Waals surface area (Å²) in [6.45, 7) is 0. The first-order valence-corrected chi connectivity index (χ1v) is 9.07. The number of amides is 1. The lowest BCUT2D eigenvalue weighted by Crippen LogP contribution is -2.43. The Morgan fingerprint density at radius 2 is 2.00 bits per heavy atom. The Labute approximate surface area is 168 Å². The Balaban J connectivity index is 1.50. The van der Waals surface area contributed by atoms with E-state index in [1.807, 2.05) is 0 Å². The van der Waals surface area contributed by atoms with Crippen LogP contribution in [-0.4, -0.2) is 33.0 Å². The number of H-pyrrole nitrogens is 1. The van der Waals surface area contributed by atoms with Gasteiger partial charge < -0.3 is 19.8 Å². The summed E-state index contributed by atoms with van der Waals surface area (Å²) >= 11 is 0. The fraction of sp³-hybridized carbons (Fsp3) is 0.143. The molecule has 0 aliphatic heterocycles. The van der Waals surface area contributed by atoms with Crippen LogP contribution in [0.25, 0.3) is 22.0 Å². The van der Waals surface area contributed by atoms with E-state index in [0.29, 0.717) is 22.0 Å². The number of carboxylic acid groups (broad SMARTS) is 1. The standard InChI is InChI=1S/C21H16FN3O5/c22-13-5-6-14-15(9-13)24-18(23-14)10-16(20(27)28)25-19(26)8-12-7-11-3-1-2-4-17(11)30-21(12)29/h1-7,9,16H,8,10H2,(H,23,24)(H,25,26)(H,27,28)/t16-/m1/s1. The van der Waals surface area contributed by atoms with Gasteiger partial charge in [0.2, 0.25) is 5.91 Å². The van der Waals surface area contributed by atoms with Gasteiger partial charge in [0.25, 0.3) is 0 Å². The molecule has 0 saturated carbocycles. The third kappa shape index (κ3) is 4.04. The van der Waals surface area contributed by atoms with Crippen LogP contribution in [0.2, 0.25) is 0 Å². The SMILES string of the molecule is O=C(Cc1cc2ccccc2oc1=O)N[C@H](Cc1nc2ccc(F)cc2[nH]1)C(=O)O. The number of aromatic nitrogens is 2. The number of carbonyl (C=O) groups is 2. The lowest BCUT2D eigenvalue weighted by molar-refractivity contribution is -0.141. The van der Waals surface area contributed by atoms with Crippen molar-refractivity contribution in [2.24, 2.45) is 0 Å². The maximum atomic E-state index is 13.3. The largest absolute Gasteiger partial charge is 0.480 e. The van der Waals surface area contributed by atoms with Crippen LogP contribution in [0.4, 0.5) is 4.39 Å². The van der Waals surface area contributed by atoms with Crippen LogP contribution in [0.3, 0.4) is 0 Å². The minimum absolute atomic E-state index is 0.120. The van der Waals surface area contributed by atoms with E-state index in [1.54, 1.807) is 30.3 Å². The predicted molar refractivity (Wildman–Crippen MR) is 106 cm³/mol. The second kappa shape index (κ2) is 7.78. The average Bonchev–Trinajstić information content (AvgIpc) is 3.09. The molecule has 2 aromatic heterocycles. The molecular formula is C21H16FN3O5. The third-order valence-corrected chi connectivity index (χ3v) is 4.59. The van der Waals surface area contributed by atoms with E-state index in [9.17, 15) is 23.9 Å². The summed E-state index contributed by atoms with van der Waals surface area (Å²) in [4.78, 5) is 43.1. The zero-order valence-electron chi connectivity index (χ0n) is 15.5. The highest BCUT2D eigenvalue weighted by molar-refractivity contribution is 5.86.